The van der Waals surface area contributed by atoms with Crippen LogP contribution in [0.3, 0.4) is 0 Å². The minimum Gasteiger partial charge on any atom is -0.489 e. The smallest absolute Gasteiger partial charge is 0.273 e. The number of piperidine rings is 1. The van der Waals surface area contributed by atoms with Crippen molar-refractivity contribution >= 4 is 5.91 Å². The van der Waals surface area contributed by atoms with Crippen molar-refractivity contribution in [3.05, 3.63) is 24.0 Å². The normalized spacial score (nSPS) is 22.6. The van der Waals surface area contributed by atoms with Crippen molar-refractivity contribution < 1.29 is 9.53 Å². The third-order valence-corrected chi connectivity index (χ3v) is 3.31. The maximum Gasteiger partial charge on any atom is 0.273 e. The first-order valence-electron chi connectivity index (χ1n) is 7.22. The first-order valence-corrected chi connectivity index (χ1v) is 7.22. The van der Waals surface area contributed by atoms with Gasteiger partial charge in [0.1, 0.15) is 0 Å². The summed E-state index contributed by atoms with van der Waals surface area (Å²) in [4.78, 5) is 16.5. The molecule has 0 radical (unpaired) electrons. The van der Waals surface area contributed by atoms with Gasteiger partial charge in [-0.1, -0.05) is 0 Å². The van der Waals surface area contributed by atoms with Gasteiger partial charge in [0.15, 0.2) is 11.4 Å². The summed E-state index contributed by atoms with van der Waals surface area (Å²) in [6, 6.07) is 4.20. The second kappa shape index (κ2) is 6.70. The average molecular weight is 277 g/mol. The highest BCUT2D eigenvalue weighted by atomic mass is 16.5. The molecule has 5 nitrogen and oxygen atoms in total. The Bertz CT molecular complexity index is 462. The highest BCUT2D eigenvalue weighted by molar-refractivity contribution is 5.95. The van der Waals surface area contributed by atoms with E-state index in [1.165, 1.54) is 0 Å². The van der Waals surface area contributed by atoms with Crippen LogP contribution in [0.5, 0.6) is 5.75 Å². The zero-order valence-corrected chi connectivity index (χ0v) is 12.3. The Morgan fingerprint density at radius 1 is 1.55 bits per heavy atom. The number of rotatable bonds is 4. The molecule has 1 aliphatic rings. The van der Waals surface area contributed by atoms with E-state index < -0.39 is 0 Å². The predicted octanol–water partition coefficient (Wildman–Crippen LogP) is 1.74. The Kier molecular flexibility index (Phi) is 4.95. The van der Waals surface area contributed by atoms with E-state index in [-0.39, 0.29) is 18.1 Å². The highest BCUT2D eigenvalue weighted by Crippen LogP contribution is 2.18. The lowest BCUT2D eigenvalue weighted by molar-refractivity contribution is 0.0914. The van der Waals surface area contributed by atoms with Crippen LogP contribution in [0.15, 0.2) is 18.3 Å². The maximum absolute atomic E-state index is 12.3. The molecule has 2 atom stereocenters. The van der Waals surface area contributed by atoms with E-state index in [1.54, 1.807) is 18.3 Å². The molecule has 1 fully saturated rings. The van der Waals surface area contributed by atoms with Gasteiger partial charge < -0.3 is 15.4 Å². The van der Waals surface area contributed by atoms with Crippen molar-refractivity contribution in [2.45, 2.75) is 51.8 Å². The molecular weight excluding hydrogens is 254 g/mol. The van der Waals surface area contributed by atoms with Crippen LogP contribution in [0.4, 0.5) is 0 Å². The van der Waals surface area contributed by atoms with Crippen LogP contribution in [-0.4, -0.2) is 35.6 Å². The minimum absolute atomic E-state index is 0.0182. The fourth-order valence-corrected chi connectivity index (χ4v) is 2.43. The summed E-state index contributed by atoms with van der Waals surface area (Å²) in [5.41, 5.74) is 0.368. The number of hydrogen-bond acceptors (Lipinski definition) is 4. The van der Waals surface area contributed by atoms with Gasteiger partial charge >= 0.3 is 0 Å². The van der Waals surface area contributed by atoms with Crippen LogP contribution in [0.25, 0.3) is 0 Å². The minimum atomic E-state index is -0.152. The summed E-state index contributed by atoms with van der Waals surface area (Å²) in [6.45, 7) is 6.93. The van der Waals surface area contributed by atoms with E-state index in [0.29, 0.717) is 17.5 Å². The van der Waals surface area contributed by atoms with E-state index in [1.807, 2.05) is 13.8 Å². The van der Waals surface area contributed by atoms with Crippen molar-refractivity contribution in [3.63, 3.8) is 0 Å². The first-order chi connectivity index (χ1) is 9.56. The Labute approximate surface area is 120 Å². The van der Waals surface area contributed by atoms with Crippen molar-refractivity contribution in [2.24, 2.45) is 0 Å². The summed E-state index contributed by atoms with van der Waals surface area (Å²) < 4.78 is 5.64. The van der Waals surface area contributed by atoms with Gasteiger partial charge in [0.25, 0.3) is 5.91 Å². The Morgan fingerprint density at radius 2 is 2.35 bits per heavy atom. The quantitative estimate of drug-likeness (QED) is 0.880. The molecule has 0 saturated carbocycles. The number of ether oxygens (including phenoxy) is 1. The number of pyridine rings is 1. The lowest BCUT2D eigenvalue weighted by Gasteiger charge is -2.28. The third kappa shape index (κ3) is 3.93. The van der Waals surface area contributed by atoms with Gasteiger partial charge in [-0.3, -0.25) is 4.79 Å². The number of carbonyl (C=O) groups is 1. The summed E-state index contributed by atoms with van der Waals surface area (Å²) in [5.74, 6) is 0.391. The number of nitrogens with one attached hydrogen (secondary N) is 2. The molecular formula is C15H23N3O2. The molecule has 20 heavy (non-hydrogen) atoms. The van der Waals surface area contributed by atoms with Crippen LogP contribution in [-0.2, 0) is 0 Å². The topological polar surface area (TPSA) is 63.2 Å². The average Bonchev–Trinajstić information content (AvgIpc) is 2.38. The van der Waals surface area contributed by atoms with Crippen LogP contribution in [0.1, 0.15) is 44.1 Å². The monoisotopic (exact) mass is 277 g/mol. The lowest BCUT2D eigenvalue weighted by Crippen LogP contribution is -2.46. The number of carbonyl (C=O) groups excluding carboxylic acids is 1. The molecule has 2 N–H and O–H groups in total. The summed E-state index contributed by atoms with van der Waals surface area (Å²) in [7, 11) is 0. The summed E-state index contributed by atoms with van der Waals surface area (Å²) in [5, 5.41) is 6.43. The Balaban J connectivity index is 2.05. The van der Waals surface area contributed by atoms with Gasteiger partial charge in [-0.25, -0.2) is 4.98 Å². The van der Waals surface area contributed by atoms with Gasteiger partial charge in [-0.2, -0.15) is 0 Å². The predicted molar refractivity (Wildman–Crippen MR) is 78.0 cm³/mol. The third-order valence-electron chi connectivity index (χ3n) is 3.31. The zero-order chi connectivity index (χ0) is 14.5. The molecule has 5 heteroatoms. The largest absolute Gasteiger partial charge is 0.489 e. The standard InChI is InChI=1S/C15H23N3O2/c1-10(2)20-13-5-4-7-17-14(13)15(19)18-12-6-8-16-11(3)9-12/h4-5,7,10-12,16H,6,8-9H2,1-3H3,(H,18,19). The van der Waals surface area contributed by atoms with Gasteiger partial charge in [-0.05, 0) is 52.3 Å². The van der Waals surface area contributed by atoms with E-state index in [4.69, 9.17) is 4.74 Å². The summed E-state index contributed by atoms with van der Waals surface area (Å²) in [6.07, 6.45) is 3.53. The van der Waals surface area contributed by atoms with Crippen LogP contribution >= 0.6 is 0 Å². The first kappa shape index (κ1) is 14.8. The molecule has 1 saturated heterocycles. The van der Waals surface area contributed by atoms with Gasteiger partial charge in [0, 0.05) is 18.3 Å². The Hall–Kier alpha value is -1.62. The maximum atomic E-state index is 12.3. The van der Waals surface area contributed by atoms with Crippen molar-refractivity contribution in [1.82, 2.24) is 15.6 Å². The van der Waals surface area contributed by atoms with Crippen molar-refractivity contribution in [2.75, 3.05) is 6.54 Å². The van der Waals surface area contributed by atoms with E-state index >= 15 is 0 Å². The van der Waals surface area contributed by atoms with Crippen LogP contribution in [0, 0.1) is 0 Å². The number of aromatic nitrogens is 1. The molecule has 1 aromatic heterocycles. The van der Waals surface area contributed by atoms with Gasteiger partial charge in [-0.15, -0.1) is 0 Å². The second-order valence-corrected chi connectivity index (χ2v) is 5.57. The molecule has 110 valence electrons. The Morgan fingerprint density at radius 3 is 3.05 bits per heavy atom. The molecule has 0 spiro atoms. The molecule has 2 unspecified atom stereocenters. The number of hydrogen-bond donors (Lipinski definition) is 2. The number of amides is 1. The fourth-order valence-electron chi connectivity index (χ4n) is 2.43. The molecule has 1 aromatic rings. The molecule has 0 bridgehead atoms. The van der Waals surface area contributed by atoms with Crippen molar-refractivity contribution in [1.29, 1.82) is 0 Å². The van der Waals surface area contributed by atoms with E-state index in [9.17, 15) is 4.79 Å². The molecule has 2 heterocycles. The molecule has 1 aliphatic heterocycles. The van der Waals surface area contributed by atoms with Crippen molar-refractivity contribution in [3.8, 4) is 5.75 Å². The van der Waals surface area contributed by atoms with E-state index in [0.717, 1.165) is 19.4 Å². The molecule has 1 amide bonds. The van der Waals surface area contributed by atoms with Gasteiger partial charge in [0.2, 0.25) is 0 Å². The number of nitrogens with zero attached hydrogens (tertiary/aromatic N) is 1. The van der Waals surface area contributed by atoms with Gasteiger partial charge in [0.05, 0.1) is 6.10 Å². The van der Waals surface area contributed by atoms with Crippen LogP contribution in [0.2, 0.25) is 0 Å². The summed E-state index contributed by atoms with van der Waals surface area (Å²) >= 11 is 0. The van der Waals surface area contributed by atoms with Crippen LogP contribution < -0.4 is 15.4 Å². The molecule has 2 rings (SSSR count). The second-order valence-electron chi connectivity index (χ2n) is 5.57. The zero-order valence-electron chi connectivity index (χ0n) is 12.3. The molecule has 0 aromatic carbocycles. The lowest BCUT2D eigenvalue weighted by atomic mass is 10.0. The SMILES string of the molecule is CC1CC(NC(=O)c2ncccc2OC(C)C)CCN1. The highest BCUT2D eigenvalue weighted by Gasteiger charge is 2.22. The van der Waals surface area contributed by atoms with E-state index in [2.05, 4.69) is 22.5 Å². The molecule has 0 aliphatic carbocycles. The fraction of sp³-hybridized carbons (Fsp3) is 0.600.